The molecule has 1 aliphatic rings. The predicted octanol–water partition coefficient (Wildman–Crippen LogP) is 2.07. The molecule has 1 saturated heterocycles. The normalized spacial score (nSPS) is 20.5. The van der Waals surface area contributed by atoms with Gasteiger partial charge in [-0.05, 0) is 29.8 Å². The highest BCUT2D eigenvalue weighted by atomic mass is 16.5. The third-order valence-corrected chi connectivity index (χ3v) is 4.18. The van der Waals surface area contributed by atoms with Gasteiger partial charge < -0.3 is 10.5 Å². The molecule has 5 nitrogen and oxygen atoms in total. The van der Waals surface area contributed by atoms with Gasteiger partial charge in [-0.1, -0.05) is 30.3 Å². The minimum Gasteiger partial charge on any atom is -0.489 e. The Morgan fingerprint density at radius 3 is 2.75 bits per heavy atom. The van der Waals surface area contributed by atoms with Crippen molar-refractivity contribution >= 4 is 5.91 Å². The van der Waals surface area contributed by atoms with Gasteiger partial charge in [0.25, 0.3) is 0 Å². The fourth-order valence-electron chi connectivity index (χ4n) is 3.08. The van der Waals surface area contributed by atoms with Gasteiger partial charge in [0.15, 0.2) is 0 Å². The predicted molar refractivity (Wildman–Crippen MR) is 90.0 cm³/mol. The van der Waals surface area contributed by atoms with Crippen molar-refractivity contribution in [3.8, 4) is 11.8 Å². The van der Waals surface area contributed by atoms with Gasteiger partial charge in [-0.3, -0.25) is 9.69 Å². The van der Waals surface area contributed by atoms with Crippen molar-refractivity contribution in [3.63, 3.8) is 0 Å². The lowest BCUT2D eigenvalue weighted by molar-refractivity contribution is -0.122. The van der Waals surface area contributed by atoms with E-state index in [9.17, 15) is 4.79 Å². The number of benzene rings is 2. The molecule has 24 heavy (non-hydrogen) atoms. The van der Waals surface area contributed by atoms with Crippen LogP contribution in [0.2, 0.25) is 0 Å². The van der Waals surface area contributed by atoms with Crippen LogP contribution >= 0.6 is 0 Å². The molecule has 1 fully saturated rings. The molecule has 2 aromatic rings. The molecule has 1 heterocycles. The molecule has 122 valence electrons. The molecule has 1 aliphatic heterocycles. The Morgan fingerprint density at radius 2 is 2.04 bits per heavy atom. The maximum absolute atomic E-state index is 11.8. The van der Waals surface area contributed by atoms with Crippen LogP contribution in [0.4, 0.5) is 0 Å². The minimum absolute atomic E-state index is 0.0796. The molecule has 0 radical (unpaired) electrons. The molecule has 2 unspecified atom stereocenters. The third kappa shape index (κ3) is 3.73. The first-order valence-electron chi connectivity index (χ1n) is 7.90. The maximum atomic E-state index is 11.8. The van der Waals surface area contributed by atoms with E-state index in [1.54, 1.807) is 6.07 Å². The molecule has 2 N–H and O–H groups in total. The minimum atomic E-state index is -0.357. The number of carbonyl (C=O) groups is 1. The largest absolute Gasteiger partial charge is 0.489 e. The lowest BCUT2D eigenvalue weighted by Crippen LogP contribution is -2.39. The standard InChI is InChI=1S/C19H19N3O2/c20-11-14-5-4-6-15(9-14)12-22-13-17(10-18(22)19(21)23)24-16-7-2-1-3-8-16/h1-9,17-18H,10,12-13H2,(H2,21,23). The van der Waals surface area contributed by atoms with Gasteiger partial charge in [0.05, 0.1) is 17.7 Å². The van der Waals surface area contributed by atoms with Crippen LogP contribution in [0.1, 0.15) is 17.5 Å². The van der Waals surface area contributed by atoms with Crippen LogP contribution in [0.25, 0.3) is 0 Å². The number of nitrogens with two attached hydrogens (primary N) is 1. The highest BCUT2D eigenvalue weighted by Gasteiger charge is 2.36. The molecule has 0 aromatic heterocycles. The zero-order valence-electron chi connectivity index (χ0n) is 13.3. The van der Waals surface area contributed by atoms with E-state index in [-0.39, 0.29) is 18.1 Å². The number of amides is 1. The average Bonchev–Trinajstić information content (AvgIpc) is 2.98. The first-order chi connectivity index (χ1) is 11.7. The summed E-state index contributed by atoms with van der Waals surface area (Å²) in [6.45, 7) is 1.19. The van der Waals surface area contributed by atoms with Gasteiger partial charge in [-0.25, -0.2) is 0 Å². The van der Waals surface area contributed by atoms with Gasteiger partial charge >= 0.3 is 0 Å². The summed E-state index contributed by atoms with van der Waals surface area (Å²) in [7, 11) is 0. The number of nitrogens with zero attached hydrogens (tertiary/aromatic N) is 2. The summed E-state index contributed by atoms with van der Waals surface area (Å²) in [5.74, 6) is 0.449. The SMILES string of the molecule is N#Cc1cccc(CN2CC(Oc3ccccc3)CC2C(N)=O)c1. The van der Waals surface area contributed by atoms with E-state index < -0.39 is 0 Å². The van der Waals surface area contributed by atoms with Gasteiger partial charge in [-0.2, -0.15) is 5.26 Å². The molecular weight excluding hydrogens is 302 g/mol. The Balaban J connectivity index is 1.71. The van der Waals surface area contributed by atoms with Crippen LogP contribution < -0.4 is 10.5 Å². The van der Waals surface area contributed by atoms with Crippen LogP contribution in [0, 0.1) is 11.3 Å². The molecule has 2 atom stereocenters. The maximum Gasteiger partial charge on any atom is 0.234 e. The van der Waals surface area contributed by atoms with Crippen molar-refractivity contribution < 1.29 is 9.53 Å². The van der Waals surface area contributed by atoms with E-state index in [4.69, 9.17) is 15.7 Å². The van der Waals surface area contributed by atoms with Gasteiger partial charge in [0.1, 0.15) is 11.9 Å². The number of hydrogen-bond donors (Lipinski definition) is 1. The molecule has 0 aliphatic carbocycles. The molecule has 3 rings (SSSR count). The Bertz CT molecular complexity index is 755. The topological polar surface area (TPSA) is 79.3 Å². The summed E-state index contributed by atoms with van der Waals surface area (Å²) >= 11 is 0. The van der Waals surface area contributed by atoms with Crippen LogP contribution in [-0.4, -0.2) is 29.5 Å². The number of ether oxygens (including phenoxy) is 1. The van der Waals surface area contributed by atoms with E-state index >= 15 is 0 Å². The van der Waals surface area contributed by atoms with Crippen LogP contribution in [0.15, 0.2) is 54.6 Å². The van der Waals surface area contributed by atoms with Gasteiger partial charge in [0, 0.05) is 19.5 Å². The number of primary amides is 1. The molecule has 0 bridgehead atoms. The van der Waals surface area contributed by atoms with E-state index in [0.29, 0.717) is 25.1 Å². The summed E-state index contributed by atoms with van der Waals surface area (Å²) in [5, 5.41) is 9.01. The Kier molecular flexibility index (Phi) is 4.78. The number of carbonyl (C=O) groups excluding carboxylic acids is 1. The summed E-state index contributed by atoms with van der Waals surface area (Å²) < 4.78 is 5.97. The van der Waals surface area contributed by atoms with Crippen molar-refractivity contribution in [3.05, 3.63) is 65.7 Å². The van der Waals surface area contributed by atoms with E-state index in [1.807, 2.05) is 53.4 Å². The Morgan fingerprint density at radius 1 is 1.25 bits per heavy atom. The second-order valence-electron chi connectivity index (χ2n) is 5.95. The van der Waals surface area contributed by atoms with Crippen molar-refractivity contribution in [2.24, 2.45) is 5.73 Å². The van der Waals surface area contributed by atoms with E-state index in [2.05, 4.69) is 6.07 Å². The van der Waals surface area contributed by atoms with Crippen molar-refractivity contribution in [2.75, 3.05) is 6.54 Å². The molecule has 2 aromatic carbocycles. The van der Waals surface area contributed by atoms with E-state index in [0.717, 1.165) is 11.3 Å². The second-order valence-corrected chi connectivity index (χ2v) is 5.95. The molecular formula is C19H19N3O2. The van der Waals surface area contributed by atoms with Gasteiger partial charge in [0.2, 0.25) is 5.91 Å². The fraction of sp³-hybridized carbons (Fsp3) is 0.263. The molecule has 5 heteroatoms. The van der Waals surface area contributed by atoms with Crippen molar-refractivity contribution in [2.45, 2.75) is 25.1 Å². The summed E-state index contributed by atoms with van der Waals surface area (Å²) in [6, 6.07) is 18.7. The number of para-hydroxylation sites is 1. The van der Waals surface area contributed by atoms with Gasteiger partial charge in [-0.15, -0.1) is 0 Å². The van der Waals surface area contributed by atoms with Crippen LogP contribution in [0.5, 0.6) is 5.75 Å². The highest BCUT2D eigenvalue weighted by molar-refractivity contribution is 5.80. The lowest BCUT2D eigenvalue weighted by atomic mass is 10.1. The fourth-order valence-corrected chi connectivity index (χ4v) is 3.08. The molecule has 1 amide bonds. The molecule has 0 spiro atoms. The monoisotopic (exact) mass is 321 g/mol. The zero-order valence-corrected chi connectivity index (χ0v) is 13.3. The smallest absolute Gasteiger partial charge is 0.234 e. The highest BCUT2D eigenvalue weighted by Crippen LogP contribution is 2.24. The van der Waals surface area contributed by atoms with Crippen molar-refractivity contribution in [1.82, 2.24) is 4.90 Å². The van der Waals surface area contributed by atoms with E-state index in [1.165, 1.54) is 0 Å². The summed E-state index contributed by atoms with van der Waals surface area (Å²) in [6.07, 6.45) is 0.492. The number of likely N-dealkylation sites (tertiary alicyclic amines) is 1. The first-order valence-corrected chi connectivity index (χ1v) is 7.90. The number of hydrogen-bond acceptors (Lipinski definition) is 4. The average molecular weight is 321 g/mol. The Hall–Kier alpha value is -2.84. The number of nitriles is 1. The summed E-state index contributed by atoms with van der Waals surface area (Å²) in [5.41, 5.74) is 7.16. The lowest BCUT2D eigenvalue weighted by Gasteiger charge is -2.21. The second kappa shape index (κ2) is 7.16. The zero-order chi connectivity index (χ0) is 16.9. The van der Waals surface area contributed by atoms with Crippen LogP contribution in [0.3, 0.4) is 0 Å². The first kappa shape index (κ1) is 16.0. The van der Waals surface area contributed by atoms with Crippen LogP contribution in [-0.2, 0) is 11.3 Å². The quantitative estimate of drug-likeness (QED) is 0.914. The molecule has 0 saturated carbocycles. The Labute approximate surface area is 141 Å². The number of rotatable bonds is 5. The summed E-state index contributed by atoms with van der Waals surface area (Å²) in [4.78, 5) is 13.8. The van der Waals surface area contributed by atoms with Crippen molar-refractivity contribution in [1.29, 1.82) is 5.26 Å². The third-order valence-electron chi connectivity index (χ3n) is 4.18.